The number of halogens is 1. The van der Waals surface area contributed by atoms with Crippen molar-refractivity contribution in [3.63, 3.8) is 0 Å². The Kier molecular flexibility index (Phi) is 11.7. The molecule has 0 aliphatic carbocycles. The van der Waals surface area contributed by atoms with Gasteiger partial charge >= 0.3 is 11.9 Å². The van der Waals surface area contributed by atoms with Gasteiger partial charge in [-0.1, -0.05) is 13.8 Å². The molecule has 0 aliphatic heterocycles. The van der Waals surface area contributed by atoms with Crippen LogP contribution in [0.15, 0.2) is 30.3 Å². The fourth-order valence-corrected chi connectivity index (χ4v) is 6.78. The van der Waals surface area contributed by atoms with Gasteiger partial charge in [0.05, 0.1) is 49.0 Å². The molecule has 0 amide bonds. The first-order chi connectivity index (χ1) is 22.6. The van der Waals surface area contributed by atoms with Crippen LogP contribution in [0, 0.1) is 17.7 Å². The molecule has 2 atom stereocenters. The number of carboxylic acids is 1. The van der Waals surface area contributed by atoms with Crippen LogP contribution in [0.4, 0.5) is 4.39 Å². The quantitative estimate of drug-likeness (QED) is 0.0696. The number of ether oxygens (including phenoxy) is 5. The van der Waals surface area contributed by atoms with Crippen LogP contribution in [0.25, 0.3) is 20.2 Å². The molecule has 10 nitrogen and oxygen atoms in total. The lowest BCUT2D eigenvalue weighted by atomic mass is 10.0. The Morgan fingerprint density at radius 1 is 0.792 bits per heavy atom. The van der Waals surface area contributed by atoms with Crippen LogP contribution in [0.5, 0.6) is 23.0 Å². The van der Waals surface area contributed by atoms with Crippen molar-refractivity contribution in [1.29, 1.82) is 0 Å². The highest BCUT2D eigenvalue weighted by molar-refractivity contribution is 7.21. The average Bonchev–Trinajstić information content (AvgIpc) is 3.64. The number of hydrogen-bond acceptors (Lipinski definition) is 11. The molecule has 0 saturated heterocycles. The van der Waals surface area contributed by atoms with E-state index in [1.165, 1.54) is 38.5 Å². The van der Waals surface area contributed by atoms with Crippen LogP contribution in [0.3, 0.4) is 0 Å². The first-order valence-corrected chi connectivity index (χ1v) is 16.9. The van der Waals surface area contributed by atoms with E-state index in [1.54, 1.807) is 52.0 Å². The Labute approximate surface area is 285 Å². The molecular weight excluding hydrogens is 664 g/mol. The van der Waals surface area contributed by atoms with Gasteiger partial charge in [0.1, 0.15) is 5.60 Å². The summed E-state index contributed by atoms with van der Waals surface area (Å²) in [5, 5.41) is 10.1. The van der Waals surface area contributed by atoms with Crippen LogP contribution in [-0.4, -0.2) is 61.6 Å². The summed E-state index contributed by atoms with van der Waals surface area (Å²) in [6.07, 6.45) is 0.208. The summed E-state index contributed by atoms with van der Waals surface area (Å²) in [5.41, 5.74) is -0.634. The second-order valence-corrected chi connectivity index (χ2v) is 14.5. The number of hydrogen-bond donors (Lipinski definition) is 1. The third-order valence-electron chi connectivity index (χ3n) is 7.26. The number of methoxy groups -OCH3 is 2. The van der Waals surface area contributed by atoms with Crippen molar-refractivity contribution in [1.82, 2.24) is 0 Å². The summed E-state index contributed by atoms with van der Waals surface area (Å²) in [5.74, 6) is -3.16. The zero-order chi connectivity index (χ0) is 35.3. The zero-order valence-electron chi connectivity index (χ0n) is 27.9. The molecule has 2 heterocycles. The van der Waals surface area contributed by atoms with E-state index in [9.17, 15) is 19.2 Å². The van der Waals surface area contributed by atoms with Gasteiger partial charge in [0.2, 0.25) is 0 Å². The SMILES string of the molecule is COc1cc2sc(C(=O)C[C@H](C)C(=O)OC(C)(C)C)cc2cc1OCCCOc1c(OC)cc2sc(C(=O)C[C@H](C)C(=O)O)cc2c1F. The van der Waals surface area contributed by atoms with Crippen molar-refractivity contribution in [3.05, 3.63) is 45.9 Å². The minimum Gasteiger partial charge on any atom is -0.493 e. The van der Waals surface area contributed by atoms with Gasteiger partial charge in [-0.15, -0.1) is 22.7 Å². The molecule has 1 N–H and O–H groups in total. The third-order valence-corrected chi connectivity index (χ3v) is 9.52. The first kappa shape index (κ1) is 36.6. The second-order valence-electron chi connectivity index (χ2n) is 12.4. The maximum absolute atomic E-state index is 15.5. The molecule has 0 spiro atoms. The van der Waals surface area contributed by atoms with Crippen molar-refractivity contribution in [2.75, 3.05) is 27.4 Å². The summed E-state index contributed by atoms with van der Waals surface area (Å²) < 4.78 is 44.8. The number of Topliss-reactive ketones (excluding diaryl/α,β-unsaturated/α-hetero) is 2. The molecule has 48 heavy (non-hydrogen) atoms. The van der Waals surface area contributed by atoms with E-state index in [0.29, 0.717) is 27.5 Å². The van der Waals surface area contributed by atoms with E-state index >= 15 is 4.39 Å². The molecule has 0 saturated carbocycles. The lowest BCUT2D eigenvalue weighted by Gasteiger charge is -2.21. The Morgan fingerprint density at radius 3 is 2.00 bits per heavy atom. The fraction of sp³-hybridized carbons (Fsp3) is 0.429. The largest absolute Gasteiger partial charge is 0.493 e. The van der Waals surface area contributed by atoms with E-state index in [4.69, 9.17) is 28.8 Å². The maximum atomic E-state index is 15.5. The molecule has 4 rings (SSSR count). The van der Waals surface area contributed by atoms with E-state index in [1.807, 2.05) is 0 Å². The predicted molar refractivity (Wildman–Crippen MR) is 182 cm³/mol. The number of fused-ring (bicyclic) bond motifs is 2. The lowest BCUT2D eigenvalue weighted by molar-refractivity contribution is -0.159. The molecule has 0 radical (unpaired) electrons. The number of ketones is 2. The molecule has 0 aliphatic rings. The number of esters is 1. The van der Waals surface area contributed by atoms with E-state index in [2.05, 4.69) is 0 Å². The molecule has 2 aromatic carbocycles. The number of thiophene rings is 2. The van der Waals surface area contributed by atoms with E-state index in [0.717, 1.165) is 21.4 Å². The van der Waals surface area contributed by atoms with Gasteiger partial charge in [-0.2, -0.15) is 0 Å². The van der Waals surface area contributed by atoms with Crippen LogP contribution in [0.2, 0.25) is 0 Å². The van der Waals surface area contributed by atoms with Gasteiger partial charge in [0, 0.05) is 46.2 Å². The fourth-order valence-electron chi connectivity index (χ4n) is 4.73. The molecule has 2 aromatic heterocycles. The summed E-state index contributed by atoms with van der Waals surface area (Å²) in [4.78, 5) is 49.9. The number of carbonyl (C=O) groups excluding carboxylic acids is 3. The minimum atomic E-state index is -1.08. The number of aliphatic carboxylic acids is 1. The van der Waals surface area contributed by atoms with Gasteiger partial charge in [-0.3, -0.25) is 19.2 Å². The summed E-state index contributed by atoms with van der Waals surface area (Å²) in [6, 6.07) is 8.33. The smallest absolute Gasteiger partial charge is 0.309 e. The Morgan fingerprint density at radius 2 is 1.38 bits per heavy atom. The highest BCUT2D eigenvalue weighted by Gasteiger charge is 2.26. The normalized spacial score (nSPS) is 12.8. The average molecular weight is 703 g/mol. The van der Waals surface area contributed by atoms with Crippen molar-refractivity contribution >= 4 is 66.4 Å². The van der Waals surface area contributed by atoms with E-state index < -0.39 is 35.2 Å². The summed E-state index contributed by atoms with van der Waals surface area (Å²) in [7, 11) is 2.90. The Hall–Kier alpha value is -4.23. The zero-order valence-corrected chi connectivity index (χ0v) is 29.5. The van der Waals surface area contributed by atoms with Crippen molar-refractivity contribution in [3.8, 4) is 23.0 Å². The van der Waals surface area contributed by atoms with Crippen LogP contribution in [-0.2, 0) is 14.3 Å². The van der Waals surface area contributed by atoms with Gasteiger partial charge in [-0.05, 0) is 44.4 Å². The molecule has 0 fully saturated rings. The van der Waals surface area contributed by atoms with Gasteiger partial charge < -0.3 is 28.8 Å². The molecule has 13 heteroatoms. The predicted octanol–water partition coefficient (Wildman–Crippen LogP) is 7.96. The van der Waals surface area contributed by atoms with Gasteiger partial charge in [-0.25, -0.2) is 4.39 Å². The maximum Gasteiger partial charge on any atom is 0.309 e. The standard InChI is InChI=1S/C35H39FO10S2/c1-18(33(39)40)11-22(37)30-15-21-28(48-30)17-26(43-7)32(31(21)36)45-10-8-9-44-25-13-20-14-29(47-27(20)16-24(25)42-6)23(38)12-19(2)34(41)46-35(3,4)5/h13-19H,8-12H2,1-7H3,(H,39,40)/t18-,19-/m0/s1. The number of benzene rings is 2. The van der Waals surface area contributed by atoms with Crippen LogP contribution < -0.4 is 18.9 Å². The minimum absolute atomic E-state index is 0.0261. The number of rotatable bonds is 16. The van der Waals surface area contributed by atoms with Crippen LogP contribution >= 0.6 is 22.7 Å². The Balaban J connectivity index is 1.39. The Bertz CT molecular complexity index is 1830. The first-order valence-electron chi connectivity index (χ1n) is 15.3. The van der Waals surface area contributed by atoms with Crippen molar-refractivity contribution < 1.29 is 52.4 Å². The number of carbonyl (C=O) groups is 4. The lowest BCUT2D eigenvalue weighted by Crippen LogP contribution is -2.28. The summed E-state index contributed by atoms with van der Waals surface area (Å²) in [6.45, 7) is 8.76. The van der Waals surface area contributed by atoms with Crippen LogP contribution in [0.1, 0.15) is 73.2 Å². The molecule has 4 aromatic rings. The highest BCUT2D eigenvalue weighted by atomic mass is 32.1. The summed E-state index contributed by atoms with van der Waals surface area (Å²) >= 11 is 2.37. The molecule has 0 unspecified atom stereocenters. The van der Waals surface area contributed by atoms with Gasteiger partial charge in [0.15, 0.2) is 40.4 Å². The number of carboxylic acid groups (broad SMARTS) is 1. The molecule has 0 bridgehead atoms. The molecular formula is C35H39FO10S2. The third kappa shape index (κ3) is 8.81. The van der Waals surface area contributed by atoms with Crippen molar-refractivity contribution in [2.24, 2.45) is 11.8 Å². The van der Waals surface area contributed by atoms with Crippen molar-refractivity contribution in [2.45, 2.75) is 59.5 Å². The highest BCUT2D eigenvalue weighted by Crippen LogP contribution is 2.41. The van der Waals surface area contributed by atoms with Gasteiger partial charge in [0.25, 0.3) is 0 Å². The monoisotopic (exact) mass is 702 g/mol. The topological polar surface area (TPSA) is 135 Å². The second kappa shape index (κ2) is 15.3. The van der Waals surface area contributed by atoms with E-state index in [-0.39, 0.29) is 59.4 Å². The molecule has 258 valence electrons.